The number of amides is 1. The molecule has 1 heterocycles. The summed E-state index contributed by atoms with van der Waals surface area (Å²) in [4.78, 5) is 24.0. The van der Waals surface area contributed by atoms with Crippen LogP contribution in [0.1, 0.15) is 59.4 Å². The Morgan fingerprint density at radius 3 is 2.45 bits per heavy atom. The lowest BCUT2D eigenvalue weighted by atomic mass is 9.93. The molecule has 0 atom stereocenters. The fourth-order valence-electron chi connectivity index (χ4n) is 3.86. The summed E-state index contributed by atoms with van der Waals surface area (Å²) in [5.74, 6) is -0.329. The molecule has 3 rings (SSSR count). The van der Waals surface area contributed by atoms with Crippen LogP contribution in [0.25, 0.3) is 5.69 Å². The molecule has 156 valence electrons. The van der Waals surface area contributed by atoms with Gasteiger partial charge < -0.3 is 15.2 Å². The maximum atomic E-state index is 12.5. The molecule has 1 aromatic heterocycles. The van der Waals surface area contributed by atoms with Crippen LogP contribution in [0.2, 0.25) is 0 Å². The first-order chi connectivity index (χ1) is 13.9. The topological polar surface area (TPSA) is 93.5 Å². The lowest BCUT2D eigenvalue weighted by molar-refractivity contribution is -0.140. The highest BCUT2D eigenvalue weighted by molar-refractivity contribution is 5.94. The fourth-order valence-corrected chi connectivity index (χ4v) is 3.86. The fraction of sp³-hybridized carbons (Fsp3) is 0.500. The molecule has 0 spiro atoms. The van der Waals surface area contributed by atoms with Gasteiger partial charge >= 0.3 is 5.97 Å². The van der Waals surface area contributed by atoms with Crippen molar-refractivity contribution < 1.29 is 19.4 Å². The largest absolute Gasteiger partial charge is 0.469 e. The number of ether oxygens (including phenoxy) is 1. The van der Waals surface area contributed by atoms with E-state index in [4.69, 9.17) is 4.74 Å². The number of rotatable bonds is 6. The van der Waals surface area contributed by atoms with Gasteiger partial charge in [0.15, 0.2) is 0 Å². The Hall–Kier alpha value is -2.67. The minimum atomic E-state index is -0.237. The van der Waals surface area contributed by atoms with Crippen molar-refractivity contribution in [2.45, 2.75) is 64.5 Å². The molecule has 29 heavy (non-hydrogen) atoms. The molecule has 1 amide bonds. The molecule has 7 heteroatoms. The summed E-state index contributed by atoms with van der Waals surface area (Å²) in [6, 6.07) is 7.48. The number of aromatic nitrogens is 2. The van der Waals surface area contributed by atoms with Crippen LogP contribution >= 0.6 is 0 Å². The summed E-state index contributed by atoms with van der Waals surface area (Å²) >= 11 is 0. The average Bonchev–Trinajstić information content (AvgIpc) is 3.01. The van der Waals surface area contributed by atoms with E-state index in [0.29, 0.717) is 18.4 Å². The molecule has 0 saturated heterocycles. The Kier molecular flexibility index (Phi) is 6.69. The van der Waals surface area contributed by atoms with Crippen molar-refractivity contribution in [2.24, 2.45) is 0 Å². The Labute approximate surface area is 171 Å². The number of hydrogen-bond acceptors (Lipinski definition) is 5. The molecule has 0 radical (unpaired) electrons. The second-order valence-corrected chi connectivity index (χ2v) is 7.66. The maximum Gasteiger partial charge on any atom is 0.305 e. The number of nitrogens with one attached hydrogen (secondary N) is 1. The van der Waals surface area contributed by atoms with Crippen LogP contribution in [0, 0.1) is 13.8 Å². The van der Waals surface area contributed by atoms with Crippen LogP contribution in [0.4, 0.5) is 0 Å². The first-order valence-electron chi connectivity index (χ1n) is 10.1. The third-order valence-corrected chi connectivity index (χ3v) is 5.65. The maximum absolute atomic E-state index is 12.5. The third-order valence-electron chi connectivity index (χ3n) is 5.65. The van der Waals surface area contributed by atoms with E-state index in [9.17, 15) is 14.7 Å². The normalized spacial score (nSPS) is 19.0. The Balaban J connectivity index is 1.68. The highest BCUT2D eigenvalue weighted by atomic mass is 16.5. The number of esters is 1. The zero-order valence-electron chi connectivity index (χ0n) is 17.3. The van der Waals surface area contributed by atoms with Crippen molar-refractivity contribution in [1.82, 2.24) is 15.1 Å². The summed E-state index contributed by atoms with van der Waals surface area (Å²) in [6.07, 6.45) is 3.76. The van der Waals surface area contributed by atoms with E-state index in [2.05, 4.69) is 10.4 Å². The molecular formula is C22H29N3O4. The molecule has 1 saturated carbocycles. The van der Waals surface area contributed by atoms with E-state index in [1.807, 2.05) is 30.7 Å². The number of methoxy groups -OCH3 is 1. The van der Waals surface area contributed by atoms with Gasteiger partial charge in [0.25, 0.3) is 5.91 Å². The molecule has 0 aliphatic heterocycles. The summed E-state index contributed by atoms with van der Waals surface area (Å²) in [5.41, 5.74) is 4.37. The van der Waals surface area contributed by atoms with Crippen molar-refractivity contribution >= 4 is 11.9 Å². The van der Waals surface area contributed by atoms with E-state index in [-0.39, 0.29) is 24.0 Å². The number of aliphatic hydroxyl groups excluding tert-OH is 1. The van der Waals surface area contributed by atoms with Crippen LogP contribution in [-0.2, 0) is 16.0 Å². The summed E-state index contributed by atoms with van der Waals surface area (Å²) in [7, 11) is 1.39. The minimum Gasteiger partial charge on any atom is -0.469 e. The van der Waals surface area contributed by atoms with Crippen LogP contribution in [0.5, 0.6) is 0 Å². The van der Waals surface area contributed by atoms with Gasteiger partial charge in [-0.3, -0.25) is 9.59 Å². The van der Waals surface area contributed by atoms with Gasteiger partial charge in [-0.1, -0.05) is 0 Å². The number of benzene rings is 1. The molecule has 7 nitrogen and oxygen atoms in total. The van der Waals surface area contributed by atoms with Gasteiger partial charge in [0.1, 0.15) is 0 Å². The van der Waals surface area contributed by atoms with Crippen LogP contribution in [-0.4, -0.2) is 46.0 Å². The molecule has 2 aromatic rings. The first-order valence-corrected chi connectivity index (χ1v) is 10.1. The van der Waals surface area contributed by atoms with Crippen LogP contribution in [0.15, 0.2) is 24.3 Å². The Bertz CT molecular complexity index is 865. The predicted octanol–water partition coefficient (Wildman–Crippen LogP) is 2.63. The van der Waals surface area contributed by atoms with Crippen molar-refractivity contribution in [1.29, 1.82) is 0 Å². The monoisotopic (exact) mass is 399 g/mol. The molecule has 1 aliphatic rings. The smallest absolute Gasteiger partial charge is 0.305 e. The van der Waals surface area contributed by atoms with Gasteiger partial charge in [-0.15, -0.1) is 0 Å². The second-order valence-electron chi connectivity index (χ2n) is 7.66. The Morgan fingerprint density at radius 1 is 1.17 bits per heavy atom. The van der Waals surface area contributed by atoms with E-state index in [1.54, 1.807) is 12.1 Å². The van der Waals surface area contributed by atoms with Gasteiger partial charge in [-0.2, -0.15) is 5.10 Å². The quantitative estimate of drug-likeness (QED) is 0.729. The predicted molar refractivity (Wildman–Crippen MR) is 109 cm³/mol. The lowest BCUT2D eigenvalue weighted by Gasteiger charge is -2.26. The Morgan fingerprint density at radius 2 is 1.83 bits per heavy atom. The van der Waals surface area contributed by atoms with Gasteiger partial charge in [0, 0.05) is 23.7 Å². The number of carbonyl (C=O) groups is 2. The number of nitrogens with zero attached hydrogens (tertiary/aromatic N) is 2. The van der Waals surface area contributed by atoms with Gasteiger partial charge in [0.05, 0.1) is 24.6 Å². The third kappa shape index (κ3) is 5.03. The molecule has 1 fully saturated rings. The SMILES string of the molecule is COC(=O)CCc1c(C)nn(-c2ccc(C(=O)NC3CCC(O)CC3)cc2)c1C. The van der Waals surface area contributed by atoms with Gasteiger partial charge in [-0.25, -0.2) is 4.68 Å². The first kappa shape index (κ1) is 21.0. The van der Waals surface area contributed by atoms with E-state index >= 15 is 0 Å². The zero-order valence-corrected chi connectivity index (χ0v) is 17.3. The number of hydrogen-bond donors (Lipinski definition) is 2. The molecule has 1 aromatic carbocycles. The molecule has 0 unspecified atom stereocenters. The lowest BCUT2D eigenvalue weighted by Crippen LogP contribution is -2.38. The van der Waals surface area contributed by atoms with E-state index in [0.717, 1.165) is 48.3 Å². The van der Waals surface area contributed by atoms with E-state index in [1.165, 1.54) is 7.11 Å². The van der Waals surface area contributed by atoms with Crippen molar-refractivity contribution in [2.75, 3.05) is 7.11 Å². The number of aryl methyl sites for hydroxylation is 1. The summed E-state index contributed by atoms with van der Waals surface area (Å²) in [5, 5.41) is 17.2. The van der Waals surface area contributed by atoms with Crippen molar-refractivity contribution in [3.05, 3.63) is 46.8 Å². The highest BCUT2D eigenvalue weighted by Gasteiger charge is 2.21. The van der Waals surface area contributed by atoms with Crippen LogP contribution in [0.3, 0.4) is 0 Å². The van der Waals surface area contributed by atoms with E-state index < -0.39 is 0 Å². The second kappa shape index (κ2) is 9.22. The number of aliphatic hydroxyl groups is 1. The molecule has 2 N–H and O–H groups in total. The summed E-state index contributed by atoms with van der Waals surface area (Å²) < 4.78 is 6.56. The molecule has 0 bridgehead atoms. The highest BCUT2D eigenvalue weighted by Crippen LogP contribution is 2.21. The van der Waals surface area contributed by atoms with Crippen molar-refractivity contribution in [3.63, 3.8) is 0 Å². The van der Waals surface area contributed by atoms with Crippen LogP contribution < -0.4 is 5.32 Å². The number of carbonyl (C=O) groups excluding carboxylic acids is 2. The van der Waals surface area contributed by atoms with Crippen molar-refractivity contribution in [3.8, 4) is 5.69 Å². The zero-order chi connectivity index (χ0) is 21.0. The average molecular weight is 399 g/mol. The standard InChI is InChI=1S/C22H29N3O4/c1-14-20(12-13-21(27)29-3)15(2)25(24-14)18-8-4-16(5-9-18)22(28)23-17-6-10-19(26)11-7-17/h4-5,8-9,17,19,26H,6-7,10-13H2,1-3H3,(H,23,28). The summed E-state index contributed by atoms with van der Waals surface area (Å²) in [6.45, 7) is 3.91. The van der Waals surface area contributed by atoms with Gasteiger partial charge in [-0.05, 0) is 75.8 Å². The minimum absolute atomic E-state index is 0.0925. The van der Waals surface area contributed by atoms with Gasteiger partial charge in [0.2, 0.25) is 0 Å². The molecular weight excluding hydrogens is 370 g/mol. The molecule has 1 aliphatic carbocycles.